The second-order valence-corrected chi connectivity index (χ2v) is 6.02. The number of fused-ring (bicyclic) bond motifs is 1. The quantitative estimate of drug-likeness (QED) is 0.550. The van der Waals surface area contributed by atoms with Crippen molar-refractivity contribution >= 4 is 23.3 Å². The van der Waals surface area contributed by atoms with Gasteiger partial charge in [0, 0.05) is 30.1 Å². The van der Waals surface area contributed by atoms with Gasteiger partial charge in [-0.2, -0.15) is 0 Å². The fourth-order valence-electron chi connectivity index (χ4n) is 2.60. The largest absolute Gasteiger partial charge is 0.497 e. The molecule has 0 aliphatic rings. The Morgan fingerprint density at radius 3 is 2.56 bits per heavy atom. The Kier molecular flexibility index (Phi) is 7.67. The summed E-state index contributed by atoms with van der Waals surface area (Å²) in [5.74, 6) is 1.47. The van der Waals surface area contributed by atoms with Crippen molar-refractivity contribution in [3.05, 3.63) is 70.5 Å². The van der Waals surface area contributed by atoms with Gasteiger partial charge < -0.3 is 24.9 Å². The molecule has 3 N–H and O–H groups in total. The number of halogens is 1. The monoisotopic (exact) mass is 390 g/mol. The van der Waals surface area contributed by atoms with E-state index in [0.717, 1.165) is 22.2 Å². The third-order valence-corrected chi connectivity index (χ3v) is 4.01. The van der Waals surface area contributed by atoms with Crippen LogP contribution < -0.4 is 20.3 Å². The summed E-state index contributed by atoms with van der Waals surface area (Å²) in [6, 6.07) is 16.4. The normalized spacial score (nSPS) is 11.6. The van der Waals surface area contributed by atoms with Gasteiger partial charge in [-0.1, -0.05) is 12.1 Å². The fraction of sp³-hybridized carbons (Fsp3) is 0.250. The zero-order valence-corrected chi connectivity index (χ0v) is 15.8. The predicted molar refractivity (Wildman–Crippen MR) is 108 cm³/mol. The molecule has 0 amide bonds. The van der Waals surface area contributed by atoms with Gasteiger partial charge in [0.15, 0.2) is 0 Å². The number of aliphatic hydroxyl groups excluding tert-OH is 1. The predicted octanol–water partition coefficient (Wildman–Crippen LogP) is 2.49. The second-order valence-electron chi connectivity index (χ2n) is 6.02. The van der Waals surface area contributed by atoms with Crippen molar-refractivity contribution in [2.45, 2.75) is 12.6 Å². The van der Waals surface area contributed by atoms with E-state index in [2.05, 4.69) is 10.3 Å². The molecule has 1 heterocycles. The van der Waals surface area contributed by atoms with Gasteiger partial charge in [0.25, 0.3) is 0 Å². The SMILES string of the molecule is COc1ccc(CNC[C@@H](O)COc2ccc3[nH]c(=O)ccc3c2)cc1.Cl. The number of rotatable bonds is 8. The van der Waals surface area contributed by atoms with E-state index in [9.17, 15) is 9.90 Å². The molecule has 6 nitrogen and oxygen atoms in total. The van der Waals surface area contributed by atoms with Crippen LogP contribution in [0.2, 0.25) is 0 Å². The van der Waals surface area contributed by atoms with E-state index in [1.54, 1.807) is 25.3 Å². The van der Waals surface area contributed by atoms with Gasteiger partial charge in [-0.25, -0.2) is 0 Å². The first-order valence-electron chi connectivity index (χ1n) is 8.41. The number of benzene rings is 2. The molecular weight excluding hydrogens is 368 g/mol. The Morgan fingerprint density at radius 2 is 1.81 bits per heavy atom. The van der Waals surface area contributed by atoms with Crippen LogP contribution in [0.3, 0.4) is 0 Å². The number of hydrogen-bond donors (Lipinski definition) is 3. The molecule has 144 valence electrons. The Bertz CT molecular complexity index is 912. The molecule has 0 spiro atoms. The number of hydrogen-bond acceptors (Lipinski definition) is 5. The van der Waals surface area contributed by atoms with Crippen molar-refractivity contribution in [3.63, 3.8) is 0 Å². The van der Waals surface area contributed by atoms with Crippen LogP contribution in [0.1, 0.15) is 5.56 Å². The molecule has 0 bridgehead atoms. The van der Waals surface area contributed by atoms with E-state index < -0.39 is 6.10 Å². The Balaban J connectivity index is 0.00000261. The molecule has 2 aromatic carbocycles. The first-order chi connectivity index (χ1) is 12.6. The second kappa shape index (κ2) is 9.97. The van der Waals surface area contributed by atoms with Crippen molar-refractivity contribution in [1.82, 2.24) is 10.3 Å². The van der Waals surface area contributed by atoms with Crippen LogP contribution in [0.25, 0.3) is 10.9 Å². The molecule has 27 heavy (non-hydrogen) atoms. The number of nitrogens with one attached hydrogen (secondary N) is 2. The first kappa shape index (κ1) is 20.8. The summed E-state index contributed by atoms with van der Waals surface area (Å²) in [7, 11) is 1.64. The molecule has 0 aliphatic carbocycles. The maximum atomic E-state index is 11.3. The summed E-state index contributed by atoms with van der Waals surface area (Å²) >= 11 is 0. The minimum atomic E-state index is -0.625. The zero-order chi connectivity index (χ0) is 18.4. The van der Waals surface area contributed by atoms with Gasteiger partial charge in [-0.15, -0.1) is 12.4 Å². The number of aromatic nitrogens is 1. The lowest BCUT2D eigenvalue weighted by Crippen LogP contribution is -2.31. The smallest absolute Gasteiger partial charge is 0.248 e. The molecule has 1 aromatic heterocycles. The number of methoxy groups -OCH3 is 1. The van der Waals surface area contributed by atoms with Crippen molar-refractivity contribution in [3.8, 4) is 11.5 Å². The zero-order valence-electron chi connectivity index (χ0n) is 15.0. The van der Waals surface area contributed by atoms with Crippen LogP contribution >= 0.6 is 12.4 Å². The molecule has 0 radical (unpaired) electrons. The van der Waals surface area contributed by atoms with E-state index in [1.165, 1.54) is 6.07 Å². The highest BCUT2D eigenvalue weighted by Crippen LogP contribution is 2.18. The third-order valence-electron chi connectivity index (χ3n) is 4.01. The molecule has 0 saturated carbocycles. The van der Waals surface area contributed by atoms with Crippen molar-refractivity contribution < 1.29 is 14.6 Å². The number of aromatic amines is 1. The molecular formula is C20H23ClN2O4. The van der Waals surface area contributed by atoms with Gasteiger partial charge in [-0.3, -0.25) is 4.79 Å². The Labute approximate surface area is 163 Å². The Morgan fingerprint density at radius 1 is 1.07 bits per heavy atom. The average molecular weight is 391 g/mol. The van der Waals surface area contributed by atoms with E-state index in [1.807, 2.05) is 30.3 Å². The molecule has 0 aliphatic heterocycles. The molecule has 3 rings (SSSR count). The van der Waals surface area contributed by atoms with Crippen LogP contribution in [-0.4, -0.2) is 36.5 Å². The summed E-state index contributed by atoms with van der Waals surface area (Å²) in [5.41, 5.74) is 1.73. The fourth-order valence-corrected chi connectivity index (χ4v) is 2.60. The number of pyridine rings is 1. The lowest BCUT2D eigenvalue weighted by molar-refractivity contribution is 0.106. The average Bonchev–Trinajstić information content (AvgIpc) is 2.67. The highest BCUT2D eigenvalue weighted by Gasteiger charge is 2.06. The van der Waals surface area contributed by atoms with Crippen LogP contribution in [0.5, 0.6) is 11.5 Å². The van der Waals surface area contributed by atoms with E-state index in [4.69, 9.17) is 9.47 Å². The minimum Gasteiger partial charge on any atom is -0.497 e. The van der Waals surface area contributed by atoms with E-state index >= 15 is 0 Å². The summed E-state index contributed by atoms with van der Waals surface area (Å²) in [6.45, 7) is 1.27. The molecule has 0 saturated heterocycles. The van der Waals surface area contributed by atoms with Gasteiger partial charge in [0.1, 0.15) is 24.2 Å². The van der Waals surface area contributed by atoms with Crippen LogP contribution in [0.4, 0.5) is 0 Å². The van der Waals surface area contributed by atoms with Crippen molar-refractivity contribution in [2.24, 2.45) is 0 Å². The third kappa shape index (κ3) is 5.99. The summed E-state index contributed by atoms with van der Waals surface area (Å²) < 4.78 is 10.8. The van der Waals surface area contributed by atoms with E-state index in [-0.39, 0.29) is 24.6 Å². The maximum absolute atomic E-state index is 11.3. The number of H-pyrrole nitrogens is 1. The molecule has 3 aromatic rings. The standard InChI is InChI=1S/C20H22N2O4.ClH/c1-25-17-5-2-14(3-6-17)11-21-12-16(23)13-26-18-7-8-19-15(10-18)4-9-20(24)22-19;/h2-10,16,21,23H,11-13H2,1H3,(H,22,24);1H/t16-;/m1./s1. The van der Waals surface area contributed by atoms with Gasteiger partial charge in [0.05, 0.1) is 7.11 Å². The Hall–Kier alpha value is -2.54. The minimum absolute atomic E-state index is 0. The molecule has 7 heteroatoms. The van der Waals surface area contributed by atoms with Crippen molar-refractivity contribution in [2.75, 3.05) is 20.3 Å². The van der Waals surface area contributed by atoms with Crippen molar-refractivity contribution in [1.29, 1.82) is 0 Å². The molecule has 0 fully saturated rings. The highest BCUT2D eigenvalue weighted by atomic mass is 35.5. The lowest BCUT2D eigenvalue weighted by Gasteiger charge is -2.14. The first-order valence-corrected chi connectivity index (χ1v) is 8.41. The number of ether oxygens (including phenoxy) is 2. The van der Waals surface area contributed by atoms with Crippen LogP contribution in [0.15, 0.2) is 59.4 Å². The lowest BCUT2D eigenvalue weighted by atomic mass is 10.2. The van der Waals surface area contributed by atoms with Crippen LogP contribution in [-0.2, 0) is 6.54 Å². The highest BCUT2D eigenvalue weighted by molar-refractivity contribution is 5.85. The summed E-state index contributed by atoms with van der Waals surface area (Å²) in [5, 5.41) is 14.1. The topological polar surface area (TPSA) is 83.6 Å². The van der Waals surface area contributed by atoms with E-state index in [0.29, 0.717) is 18.8 Å². The molecule has 0 unspecified atom stereocenters. The van der Waals surface area contributed by atoms with Gasteiger partial charge in [-0.05, 0) is 42.0 Å². The summed E-state index contributed by atoms with van der Waals surface area (Å²) in [4.78, 5) is 14.0. The van der Waals surface area contributed by atoms with Crippen LogP contribution in [0, 0.1) is 0 Å². The van der Waals surface area contributed by atoms with Gasteiger partial charge >= 0.3 is 0 Å². The molecule has 1 atom stereocenters. The number of aliphatic hydroxyl groups is 1. The van der Waals surface area contributed by atoms with Gasteiger partial charge in [0.2, 0.25) is 5.56 Å². The maximum Gasteiger partial charge on any atom is 0.248 e. The summed E-state index contributed by atoms with van der Waals surface area (Å²) in [6.07, 6.45) is -0.625.